The molecule has 1 saturated heterocycles. The molecule has 0 aromatic heterocycles. The Morgan fingerprint density at radius 2 is 1.95 bits per heavy atom. The van der Waals surface area contributed by atoms with Crippen LogP contribution in [0.5, 0.6) is 0 Å². The second kappa shape index (κ2) is 6.73. The van der Waals surface area contributed by atoms with E-state index in [1.54, 1.807) is 0 Å². The summed E-state index contributed by atoms with van der Waals surface area (Å²) in [6.07, 6.45) is 5.13. The van der Waals surface area contributed by atoms with Crippen LogP contribution in [0.1, 0.15) is 63.6 Å². The van der Waals surface area contributed by atoms with Gasteiger partial charge in [-0.1, -0.05) is 45.0 Å². The van der Waals surface area contributed by atoms with Crippen LogP contribution in [0, 0.1) is 0 Å². The van der Waals surface area contributed by atoms with Gasteiger partial charge in [-0.3, -0.25) is 0 Å². The Hall–Kier alpha value is -0.860. The Morgan fingerprint density at radius 1 is 1.25 bits per heavy atom. The molecular weight excluding hydrogens is 246 g/mol. The van der Waals surface area contributed by atoms with Gasteiger partial charge in [0.1, 0.15) is 0 Å². The van der Waals surface area contributed by atoms with Crippen LogP contribution in [0.3, 0.4) is 0 Å². The smallest absolute Gasteiger partial charge is 0.0769 e. The van der Waals surface area contributed by atoms with Crippen molar-refractivity contribution in [2.24, 2.45) is 0 Å². The maximum absolute atomic E-state index is 5.94. The molecule has 1 heterocycles. The molecule has 0 saturated carbocycles. The van der Waals surface area contributed by atoms with Crippen molar-refractivity contribution in [3.8, 4) is 0 Å². The average molecular weight is 275 g/mol. The third-order valence-electron chi connectivity index (χ3n) is 4.83. The largest absolute Gasteiger partial charge is 0.376 e. The summed E-state index contributed by atoms with van der Waals surface area (Å²) in [6.45, 7) is 7.77. The average Bonchev–Trinajstić information content (AvgIpc) is 2.50. The fourth-order valence-electron chi connectivity index (χ4n) is 2.94. The number of nitrogens with one attached hydrogen (secondary N) is 1. The second-order valence-corrected chi connectivity index (χ2v) is 6.53. The Bertz CT molecular complexity index is 404. The maximum Gasteiger partial charge on any atom is 0.0769 e. The van der Waals surface area contributed by atoms with Crippen molar-refractivity contribution in [1.82, 2.24) is 5.32 Å². The van der Waals surface area contributed by atoms with Crippen molar-refractivity contribution in [3.05, 3.63) is 35.4 Å². The minimum absolute atomic E-state index is 0.259. The lowest BCUT2D eigenvalue weighted by Crippen LogP contribution is -2.34. The highest BCUT2D eigenvalue weighted by Crippen LogP contribution is 2.30. The number of ether oxygens (including phenoxy) is 1. The Morgan fingerprint density at radius 3 is 2.45 bits per heavy atom. The van der Waals surface area contributed by atoms with Crippen molar-refractivity contribution in [1.29, 1.82) is 0 Å². The SMILES string of the molecule is CCC(C)(C)c1ccc(C(NC)C2CCCCO2)cc1. The van der Waals surface area contributed by atoms with Crippen molar-refractivity contribution in [2.75, 3.05) is 13.7 Å². The highest BCUT2D eigenvalue weighted by Gasteiger charge is 2.25. The molecule has 0 radical (unpaired) electrons. The summed E-state index contributed by atoms with van der Waals surface area (Å²) in [5.41, 5.74) is 3.02. The normalized spacial score (nSPS) is 21.7. The first-order valence-electron chi connectivity index (χ1n) is 7.98. The minimum Gasteiger partial charge on any atom is -0.376 e. The van der Waals surface area contributed by atoms with Gasteiger partial charge in [0, 0.05) is 6.61 Å². The highest BCUT2D eigenvalue weighted by atomic mass is 16.5. The maximum atomic E-state index is 5.94. The quantitative estimate of drug-likeness (QED) is 0.869. The number of benzene rings is 1. The van der Waals surface area contributed by atoms with Gasteiger partial charge >= 0.3 is 0 Å². The summed E-state index contributed by atoms with van der Waals surface area (Å²) in [6, 6.07) is 9.42. The zero-order valence-corrected chi connectivity index (χ0v) is 13.4. The Labute approximate surface area is 123 Å². The first-order chi connectivity index (χ1) is 9.58. The fraction of sp³-hybridized carbons (Fsp3) is 0.667. The molecule has 1 aromatic carbocycles. The molecule has 2 unspecified atom stereocenters. The van der Waals surface area contributed by atoms with Crippen LogP contribution in [0.25, 0.3) is 0 Å². The summed E-state index contributed by atoms with van der Waals surface area (Å²) in [4.78, 5) is 0. The predicted molar refractivity (Wildman–Crippen MR) is 85.2 cm³/mol. The molecule has 0 spiro atoms. The molecule has 2 heteroatoms. The van der Waals surface area contributed by atoms with E-state index >= 15 is 0 Å². The van der Waals surface area contributed by atoms with E-state index in [0.717, 1.165) is 19.4 Å². The van der Waals surface area contributed by atoms with E-state index in [4.69, 9.17) is 4.74 Å². The van der Waals surface area contributed by atoms with Crippen LogP contribution in [0.15, 0.2) is 24.3 Å². The molecule has 0 amide bonds. The Kier molecular flexibility index (Phi) is 5.22. The number of hydrogen-bond acceptors (Lipinski definition) is 2. The lowest BCUT2D eigenvalue weighted by atomic mass is 9.81. The summed E-state index contributed by atoms with van der Waals surface area (Å²) >= 11 is 0. The summed E-state index contributed by atoms with van der Waals surface area (Å²) in [5, 5.41) is 3.44. The van der Waals surface area contributed by atoms with Crippen molar-refractivity contribution < 1.29 is 4.74 Å². The van der Waals surface area contributed by atoms with Crippen LogP contribution >= 0.6 is 0 Å². The van der Waals surface area contributed by atoms with Crippen LogP contribution in [0.2, 0.25) is 0 Å². The number of rotatable bonds is 5. The molecule has 2 atom stereocenters. The monoisotopic (exact) mass is 275 g/mol. The fourth-order valence-corrected chi connectivity index (χ4v) is 2.94. The number of hydrogen-bond donors (Lipinski definition) is 1. The van der Waals surface area contributed by atoms with Gasteiger partial charge in [0.15, 0.2) is 0 Å². The lowest BCUT2D eigenvalue weighted by Gasteiger charge is -2.31. The zero-order valence-electron chi connectivity index (χ0n) is 13.4. The summed E-state index contributed by atoms with van der Waals surface area (Å²) in [7, 11) is 2.03. The molecule has 1 aromatic rings. The van der Waals surface area contributed by atoms with E-state index in [9.17, 15) is 0 Å². The van der Waals surface area contributed by atoms with Gasteiger partial charge in [0.05, 0.1) is 12.1 Å². The minimum atomic E-state index is 0.259. The molecule has 1 aliphatic rings. The van der Waals surface area contributed by atoms with Crippen molar-refractivity contribution >= 4 is 0 Å². The van der Waals surface area contributed by atoms with E-state index in [1.807, 2.05) is 7.05 Å². The Balaban J connectivity index is 2.14. The van der Waals surface area contributed by atoms with Gasteiger partial charge in [-0.2, -0.15) is 0 Å². The molecular formula is C18H29NO. The van der Waals surface area contributed by atoms with Gasteiger partial charge in [0.2, 0.25) is 0 Å². The number of likely N-dealkylation sites (N-methyl/N-ethyl adjacent to an activating group) is 1. The summed E-state index contributed by atoms with van der Waals surface area (Å²) in [5.74, 6) is 0. The topological polar surface area (TPSA) is 21.3 Å². The molecule has 1 fully saturated rings. The van der Waals surface area contributed by atoms with E-state index in [2.05, 4.69) is 50.4 Å². The van der Waals surface area contributed by atoms with Gasteiger partial charge < -0.3 is 10.1 Å². The third kappa shape index (κ3) is 3.42. The lowest BCUT2D eigenvalue weighted by molar-refractivity contribution is -0.00662. The van der Waals surface area contributed by atoms with E-state index in [-0.39, 0.29) is 5.41 Å². The van der Waals surface area contributed by atoms with E-state index in [1.165, 1.54) is 24.0 Å². The van der Waals surface area contributed by atoms with Gasteiger partial charge in [-0.05, 0) is 49.3 Å². The molecule has 112 valence electrons. The second-order valence-electron chi connectivity index (χ2n) is 6.53. The van der Waals surface area contributed by atoms with E-state index < -0.39 is 0 Å². The van der Waals surface area contributed by atoms with Crippen LogP contribution in [-0.2, 0) is 10.2 Å². The highest BCUT2D eigenvalue weighted by molar-refractivity contribution is 5.30. The predicted octanol–water partition coefficient (Wildman–Crippen LogP) is 4.20. The molecule has 1 aliphatic heterocycles. The molecule has 1 N–H and O–H groups in total. The molecule has 20 heavy (non-hydrogen) atoms. The van der Waals surface area contributed by atoms with Gasteiger partial charge in [-0.15, -0.1) is 0 Å². The first-order valence-corrected chi connectivity index (χ1v) is 7.98. The van der Waals surface area contributed by atoms with Crippen LogP contribution in [-0.4, -0.2) is 19.8 Å². The first kappa shape index (κ1) is 15.5. The molecule has 0 aliphatic carbocycles. The van der Waals surface area contributed by atoms with Gasteiger partial charge in [0.25, 0.3) is 0 Å². The van der Waals surface area contributed by atoms with Gasteiger partial charge in [-0.25, -0.2) is 0 Å². The van der Waals surface area contributed by atoms with Crippen molar-refractivity contribution in [3.63, 3.8) is 0 Å². The standard InChI is InChI=1S/C18H29NO/c1-5-18(2,3)15-11-9-14(10-12-15)17(19-4)16-8-6-7-13-20-16/h9-12,16-17,19H,5-8,13H2,1-4H3. The molecule has 2 nitrogen and oxygen atoms in total. The van der Waals surface area contributed by atoms with E-state index in [0.29, 0.717) is 12.1 Å². The van der Waals surface area contributed by atoms with Crippen molar-refractivity contribution in [2.45, 2.75) is 64.0 Å². The summed E-state index contributed by atoms with van der Waals surface area (Å²) < 4.78 is 5.94. The molecule has 2 rings (SSSR count). The molecule has 0 bridgehead atoms. The van der Waals surface area contributed by atoms with Crippen LogP contribution in [0.4, 0.5) is 0 Å². The third-order valence-corrected chi connectivity index (χ3v) is 4.83. The van der Waals surface area contributed by atoms with Crippen LogP contribution < -0.4 is 5.32 Å². The zero-order chi connectivity index (χ0) is 14.6.